The molecule has 0 spiro atoms. The molecule has 0 aliphatic carbocycles. The van der Waals surface area contributed by atoms with E-state index in [1.165, 1.54) is 17.6 Å². The summed E-state index contributed by atoms with van der Waals surface area (Å²) in [4.78, 5) is 1.00. The Morgan fingerprint density at radius 2 is 2.13 bits per heavy atom. The summed E-state index contributed by atoms with van der Waals surface area (Å²) in [6, 6.07) is 1.79. The van der Waals surface area contributed by atoms with Crippen LogP contribution in [0.25, 0.3) is 0 Å². The summed E-state index contributed by atoms with van der Waals surface area (Å²) in [5.41, 5.74) is 0. The fourth-order valence-corrected chi connectivity index (χ4v) is 4.40. The van der Waals surface area contributed by atoms with Crippen LogP contribution in [0.5, 0.6) is 0 Å². The highest BCUT2D eigenvalue weighted by molar-refractivity contribution is 9.13. The molecule has 1 N–H and O–H groups in total. The zero-order chi connectivity index (χ0) is 11.6. The van der Waals surface area contributed by atoms with Crippen LogP contribution in [-0.2, 0) is 9.84 Å². The molecule has 0 saturated heterocycles. The van der Waals surface area contributed by atoms with Crippen LogP contribution in [0.2, 0.25) is 0 Å². The van der Waals surface area contributed by atoms with Gasteiger partial charge in [0.2, 0.25) is 0 Å². The number of hydrogen-bond acceptors (Lipinski definition) is 4. The van der Waals surface area contributed by atoms with Gasteiger partial charge in [-0.3, -0.25) is 0 Å². The highest BCUT2D eigenvalue weighted by atomic mass is 79.9. The van der Waals surface area contributed by atoms with Crippen LogP contribution in [0.15, 0.2) is 14.3 Å². The molecule has 0 radical (unpaired) electrons. The molecule has 1 atom stereocenters. The van der Waals surface area contributed by atoms with Crippen molar-refractivity contribution in [3.05, 3.63) is 19.2 Å². The van der Waals surface area contributed by atoms with Crippen LogP contribution in [-0.4, -0.2) is 27.5 Å². The monoisotopic (exact) mass is 375 g/mol. The van der Waals surface area contributed by atoms with Crippen molar-refractivity contribution in [3.63, 3.8) is 0 Å². The zero-order valence-corrected chi connectivity index (χ0v) is 13.1. The summed E-state index contributed by atoms with van der Waals surface area (Å²) >= 11 is 8.30. The molecule has 1 aromatic rings. The Labute approximate surface area is 110 Å². The number of thiophene rings is 1. The Morgan fingerprint density at radius 1 is 1.53 bits per heavy atom. The third-order valence-electron chi connectivity index (χ3n) is 1.83. The third kappa shape index (κ3) is 4.14. The smallest absolute Gasteiger partial charge is 0.149 e. The molecule has 0 aliphatic heterocycles. The highest BCUT2D eigenvalue weighted by Crippen LogP contribution is 2.35. The van der Waals surface area contributed by atoms with Gasteiger partial charge < -0.3 is 5.32 Å². The first-order valence-electron chi connectivity index (χ1n) is 4.13. The minimum Gasteiger partial charge on any atom is -0.311 e. The average molecular weight is 377 g/mol. The van der Waals surface area contributed by atoms with E-state index in [1.807, 2.05) is 6.07 Å². The molecule has 0 aromatic carbocycles. The van der Waals surface area contributed by atoms with E-state index in [0.29, 0.717) is 0 Å². The van der Waals surface area contributed by atoms with Gasteiger partial charge in [0.1, 0.15) is 9.84 Å². The van der Waals surface area contributed by atoms with E-state index in [9.17, 15) is 8.42 Å². The van der Waals surface area contributed by atoms with E-state index in [2.05, 4.69) is 37.2 Å². The van der Waals surface area contributed by atoms with E-state index in [1.54, 1.807) is 7.05 Å². The summed E-state index contributed by atoms with van der Waals surface area (Å²) in [5.74, 6) is 0.114. The minimum absolute atomic E-state index is 0.114. The van der Waals surface area contributed by atoms with Gasteiger partial charge in [-0.1, -0.05) is 0 Å². The molecule has 0 aliphatic rings. The maximum absolute atomic E-state index is 11.2. The van der Waals surface area contributed by atoms with Crippen molar-refractivity contribution >= 4 is 53.0 Å². The fourth-order valence-electron chi connectivity index (χ4n) is 1.15. The van der Waals surface area contributed by atoms with Gasteiger partial charge in [-0.2, -0.15) is 0 Å². The molecule has 0 saturated carbocycles. The molecule has 1 rings (SSSR count). The van der Waals surface area contributed by atoms with Crippen molar-refractivity contribution < 1.29 is 8.42 Å². The molecule has 0 fully saturated rings. The number of hydrogen-bond donors (Lipinski definition) is 1. The first kappa shape index (κ1) is 13.6. The Morgan fingerprint density at radius 3 is 2.47 bits per heavy atom. The third-order valence-corrected chi connectivity index (χ3v) is 6.13. The van der Waals surface area contributed by atoms with E-state index in [0.717, 1.165) is 13.1 Å². The summed E-state index contributed by atoms with van der Waals surface area (Å²) in [6.45, 7) is 0. The predicted octanol–water partition coefficient (Wildman–Crippen LogP) is 2.58. The number of rotatable bonds is 4. The summed E-state index contributed by atoms with van der Waals surface area (Å²) in [7, 11) is -1.21. The van der Waals surface area contributed by atoms with Crippen LogP contribution in [0.1, 0.15) is 10.9 Å². The quantitative estimate of drug-likeness (QED) is 0.878. The second kappa shape index (κ2) is 5.27. The number of nitrogens with one attached hydrogen (secondary N) is 1. The van der Waals surface area contributed by atoms with Crippen molar-refractivity contribution in [3.8, 4) is 0 Å². The molecule has 7 heteroatoms. The summed E-state index contributed by atoms with van der Waals surface area (Å²) in [5, 5.41) is 3.01. The topological polar surface area (TPSA) is 46.2 Å². The van der Waals surface area contributed by atoms with Crippen LogP contribution >= 0.6 is 43.2 Å². The van der Waals surface area contributed by atoms with Gasteiger partial charge in [-0.25, -0.2) is 8.42 Å². The van der Waals surface area contributed by atoms with Crippen molar-refractivity contribution in [1.82, 2.24) is 5.32 Å². The Bertz CT molecular complexity index is 422. The highest BCUT2D eigenvalue weighted by Gasteiger charge is 2.18. The van der Waals surface area contributed by atoms with Crippen molar-refractivity contribution in [2.75, 3.05) is 19.1 Å². The van der Waals surface area contributed by atoms with Crippen LogP contribution in [0, 0.1) is 0 Å². The van der Waals surface area contributed by atoms with Gasteiger partial charge in [-0.05, 0) is 45.0 Å². The van der Waals surface area contributed by atoms with Gasteiger partial charge in [0.15, 0.2) is 0 Å². The van der Waals surface area contributed by atoms with Crippen LogP contribution < -0.4 is 5.32 Å². The van der Waals surface area contributed by atoms with E-state index < -0.39 is 9.84 Å². The molecule has 1 aromatic heterocycles. The summed E-state index contributed by atoms with van der Waals surface area (Å²) < 4.78 is 24.3. The molecule has 0 amide bonds. The van der Waals surface area contributed by atoms with Crippen molar-refractivity contribution in [2.45, 2.75) is 6.04 Å². The lowest BCUT2D eigenvalue weighted by Gasteiger charge is -2.12. The average Bonchev–Trinajstić information content (AvgIpc) is 2.41. The van der Waals surface area contributed by atoms with Crippen molar-refractivity contribution in [2.24, 2.45) is 0 Å². The van der Waals surface area contributed by atoms with Gasteiger partial charge in [0.05, 0.1) is 15.6 Å². The van der Waals surface area contributed by atoms with Crippen LogP contribution in [0.3, 0.4) is 0 Å². The molecule has 0 bridgehead atoms. The Hall–Kier alpha value is 0.570. The predicted molar refractivity (Wildman–Crippen MR) is 71.2 cm³/mol. The molecular weight excluding hydrogens is 366 g/mol. The zero-order valence-electron chi connectivity index (χ0n) is 8.25. The standard InChI is InChI=1S/C8H11Br2NO2S2/c1-11-6(4-15(2,12)13)7-3-5(9)8(10)14-7/h3,6,11H,4H2,1-2H3. The van der Waals surface area contributed by atoms with Crippen molar-refractivity contribution in [1.29, 1.82) is 0 Å². The molecule has 3 nitrogen and oxygen atoms in total. The second-order valence-corrected chi connectivity index (χ2v) is 8.64. The fraction of sp³-hybridized carbons (Fsp3) is 0.500. The first-order chi connectivity index (χ1) is 6.83. The SMILES string of the molecule is CNC(CS(C)(=O)=O)c1cc(Br)c(Br)s1. The number of sulfone groups is 1. The maximum Gasteiger partial charge on any atom is 0.149 e. The second-order valence-electron chi connectivity index (χ2n) is 3.20. The van der Waals surface area contributed by atoms with Gasteiger partial charge in [0, 0.05) is 15.6 Å². The lowest BCUT2D eigenvalue weighted by Crippen LogP contribution is -2.23. The molecule has 1 heterocycles. The maximum atomic E-state index is 11.2. The Balaban J connectivity index is 2.93. The lowest BCUT2D eigenvalue weighted by atomic mass is 10.3. The summed E-state index contributed by atoms with van der Waals surface area (Å²) in [6.07, 6.45) is 1.25. The van der Waals surface area contributed by atoms with Gasteiger partial charge in [0.25, 0.3) is 0 Å². The minimum atomic E-state index is -2.97. The molecule has 15 heavy (non-hydrogen) atoms. The van der Waals surface area contributed by atoms with E-state index >= 15 is 0 Å². The lowest BCUT2D eigenvalue weighted by molar-refractivity contribution is 0.582. The molecular formula is C8H11Br2NO2S2. The number of halogens is 2. The Kier molecular flexibility index (Phi) is 4.79. The van der Waals surface area contributed by atoms with E-state index in [-0.39, 0.29) is 11.8 Å². The van der Waals surface area contributed by atoms with Gasteiger partial charge >= 0.3 is 0 Å². The normalized spacial score (nSPS) is 14.1. The van der Waals surface area contributed by atoms with Gasteiger partial charge in [-0.15, -0.1) is 11.3 Å². The molecule has 1 unspecified atom stereocenters. The van der Waals surface area contributed by atoms with Crippen LogP contribution in [0.4, 0.5) is 0 Å². The van der Waals surface area contributed by atoms with E-state index in [4.69, 9.17) is 0 Å². The molecule has 86 valence electrons. The first-order valence-corrected chi connectivity index (χ1v) is 8.59. The largest absolute Gasteiger partial charge is 0.311 e.